The molecule has 1 aromatic heterocycles. The monoisotopic (exact) mass is 470 g/mol. The van der Waals surface area contributed by atoms with Crippen molar-refractivity contribution in [3.8, 4) is 0 Å². The molecule has 166 valence electrons. The summed E-state index contributed by atoms with van der Waals surface area (Å²) in [5.74, 6) is -1.36. The Balaban J connectivity index is 1.37. The average Bonchev–Trinajstić information content (AvgIpc) is 3.49. The number of nitrogens with one attached hydrogen (secondary N) is 1. The lowest BCUT2D eigenvalue weighted by Gasteiger charge is -2.43. The third kappa shape index (κ3) is 2.80. The number of thiazole rings is 1. The van der Waals surface area contributed by atoms with Crippen molar-refractivity contribution in [1.29, 1.82) is 0 Å². The van der Waals surface area contributed by atoms with E-state index in [0.717, 1.165) is 21.9 Å². The number of carbonyl (C=O) groups is 3. The molecule has 7 atom stereocenters. The van der Waals surface area contributed by atoms with Crippen molar-refractivity contribution in [1.82, 2.24) is 9.88 Å². The lowest BCUT2D eigenvalue weighted by molar-refractivity contribution is -0.142. The van der Waals surface area contributed by atoms with Crippen LogP contribution < -0.4 is 4.87 Å². The Morgan fingerprint density at radius 1 is 1.09 bits per heavy atom. The fraction of sp³-hybridized carbons (Fsp3) is 0.478. The Morgan fingerprint density at radius 2 is 1.81 bits per heavy atom. The van der Waals surface area contributed by atoms with E-state index in [1.165, 1.54) is 16.2 Å². The molecule has 2 aliphatic carbocycles. The van der Waals surface area contributed by atoms with Crippen LogP contribution in [0.25, 0.3) is 0 Å². The summed E-state index contributed by atoms with van der Waals surface area (Å²) in [6.07, 6.45) is 1.10. The maximum absolute atomic E-state index is 13.3. The zero-order valence-electron chi connectivity index (χ0n) is 17.1. The van der Waals surface area contributed by atoms with Crippen molar-refractivity contribution in [2.45, 2.75) is 35.5 Å². The second-order valence-electron chi connectivity index (χ2n) is 9.20. The van der Waals surface area contributed by atoms with Gasteiger partial charge in [0, 0.05) is 29.0 Å². The van der Waals surface area contributed by atoms with Crippen LogP contribution in [0.3, 0.4) is 0 Å². The number of imide groups is 1. The van der Waals surface area contributed by atoms with Crippen LogP contribution >= 0.6 is 23.1 Å². The Hall–Kier alpha value is -2.39. The highest BCUT2D eigenvalue weighted by atomic mass is 32.2. The van der Waals surface area contributed by atoms with E-state index in [2.05, 4.69) is 17.1 Å². The van der Waals surface area contributed by atoms with Crippen molar-refractivity contribution in [2.24, 2.45) is 29.6 Å². The van der Waals surface area contributed by atoms with Gasteiger partial charge in [-0.15, -0.1) is 11.8 Å². The standard InChI is InChI=1S/C23H22N2O5S2/c26-13(27)7-4-8-25-21(28)16-11-9-12(17(16)22(25)29)18-15(11)14(10-5-2-1-3-6-10)19-20(31-18)24-23(30)32-19/h1-3,5-6,11-12,14-18H,4,7-9H2,(H,24,30)(H,26,27)/t11-,12-,14-,15-,16+,17-,18+/m1/s1. The minimum absolute atomic E-state index is 0.0429. The van der Waals surface area contributed by atoms with Gasteiger partial charge in [0.2, 0.25) is 11.8 Å². The second kappa shape index (κ2) is 7.31. The number of fused-ring (bicyclic) bond motifs is 9. The van der Waals surface area contributed by atoms with Crippen molar-refractivity contribution in [3.05, 3.63) is 50.4 Å². The van der Waals surface area contributed by atoms with Gasteiger partial charge in [-0.3, -0.25) is 24.1 Å². The van der Waals surface area contributed by atoms with Gasteiger partial charge in [0.1, 0.15) is 0 Å². The molecule has 7 nitrogen and oxygen atoms in total. The van der Waals surface area contributed by atoms with Crippen LogP contribution in [0.15, 0.2) is 40.2 Å². The molecule has 3 heterocycles. The Bertz CT molecular complexity index is 1170. The number of aromatic amines is 1. The summed E-state index contributed by atoms with van der Waals surface area (Å²) >= 11 is 2.94. The molecule has 2 aromatic rings. The molecule has 2 bridgehead atoms. The van der Waals surface area contributed by atoms with E-state index < -0.39 is 5.97 Å². The average molecular weight is 471 g/mol. The van der Waals surface area contributed by atoms with Crippen LogP contribution in [0.2, 0.25) is 0 Å². The molecule has 9 heteroatoms. The predicted molar refractivity (Wildman–Crippen MR) is 119 cm³/mol. The summed E-state index contributed by atoms with van der Waals surface area (Å²) in [7, 11) is 0. The molecular formula is C23H22N2O5S2. The van der Waals surface area contributed by atoms with E-state index in [1.54, 1.807) is 11.8 Å². The van der Waals surface area contributed by atoms with Gasteiger partial charge in [-0.05, 0) is 36.2 Å². The zero-order chi connectivity index (χ0) is 22.1. The molecule has 1 aromatic carbocycles. The fourth-order valence-electron chi connectivity index (χ4n) is 6.72. The summed E-state index contributed by atoms with van der Waals surface area (Å²) in [6, 6.07) is 10.2. The fourth-order valence-corrected chi connectivity index (χ4v) is 9.61. The molecule has 1 saturated heterocycles. The van der Waals surface area contributed by atoms with Crippen LogP contribution in [0.5, 0.6) is 0 Å². The summed E-state index contributed by atoms with van der Waals surface area (Å²) in [5, 5.41) is 10.0. The van der Waals surface area contributed by atoms with Gasteiger partial charge in [0.25, 0.3) is 0 Å². The Labute approximate surface area is 192 Å². The maximum atomic E-state index is 13.3. The van der Waals surface area contributed by atoms with Crippen molar-refractivity contribution < 1.29 is 19.5 Å². The molecule has 0 unspecified atom stereocenters. The van der Waals surface area contributed by atoms with E-state index in [9.17, 15) is 19.2 Å². The number of carbonyl (C=O) groups excluding carboxylic acids is 2. The third-order valence-electron chi connectivity index (χ3n) is 7.75. The lowest BCUT2D eigenvalue weighted by Crippen LogP contribution is -2.42. The van der Waals surface area contributed by atoms with Gasteiger partial charge in [-0.25, -0.2) is 0 Å². The minimum atomic E-state index is -0.919. The number of nitrogens with zero attached hydrogens (tertiary/aromatic N) is 1. The van der Waals surface area contributed by atoms with Gasteiger partial charge < -0.3 is 10.1 Å². The van der Waals surface area contributed by atoms with Gasteiger partial charge >= 0.3 is 10.8 Å². The number of carboxylic acids is 1. The molecule has 0 spiro atoms. The van der Waals surface area contributed by atoms with Crippen LogP contribution in [-0.4, -0.2) is 44.6 Å². The third-order valence-corrected chi connectivity index (χ3v) is 10.3. The minimum Gasteiger partial charge on any atom is -0.481 e. The first-order valence-electron chi connectivity index (χ1n) is 11.0. The van der Waals surface area contributed by atoms with Crippen molar-refractivity contribution in [3.63, 3.8) is 0 Å². The predicted octanol–water partition coefficient (Wildman–Crippen LogP) is 2.77. The molecule has 2 aliphatic heterocycles. The molecular weight excluding hydrogens is 448 g/mol. The van der Waals surface area contributed by atoms with Crippen LogP contribution in [0, 0.1) is 29.6 Å². The van der Waals surface area contributed by atoms with E-state index in [0.29, 0.717) is 0 Å². The SMILES string of the molecule is O=C(O)CCCN1C(=O)[C@@H]2[C@H]3C[C@@H]([C@@H]2C1=O)[C@@H]1[C@@H](c2ccccc2)c2sc(=O)[nH]c2S[C@@H]31. The Kier molecular flexibility index (Phi) is 4.62. The van der Waals surface area contributed by atoms with Crippen LogP contribution in [0.4, 0.5) is 0 Å². The number of aromatic nitrogens is 1. The van der Waals surface area contributed by atoms with E-state index in [-0.39, 0.29) is 76.8 Å². The normalized spacial score (nSPS) is 34.5. The first kappa shape index (κ1) is 20.2. The van der Waals surface area contributed by atoms with Gasteiger partial charge in [0.15, 0.2) is 0 Å². The highest BCUT2D eigenvalue weighted by molar-refractivity contribution is 8.00. The van der Waals surface area contributed by atoms with Crippen LogP contribution in [-0.2, 0) is 14.4 Å². The van der Waals surface area contributed by atoms with E-state index >= 15 is 0 Å². The van der Waals surface area contributed by atoms with E-state index in [4.69, 9.17) is 5.11 Å². The first-order chi connectivity index (χ1) is 15.5. The van der Waals surface area contributed by atoms with E-state index in [1.807, 2.05) is 18.2 Å². The number of hydrogen-bond donors (Lipinski definition) is 2. The lowest BCUT2D eigenvalue weighted by atomic mass is 9.68. The second-order valence-corrected chi connectivity index (χ2v) is 11.4. The molecule has 32 heavy (non-hydrogen) atoms. The number of carboxylic acid groups (broad SMARTS) is 1. The molecule has 2 saturated carbocycles. The highest BCUT2D eigenvalue weighted by Gasteiger charge is 2.69. The van der Waals surface area contributed by atoms with Gasteiger partial charge in [-0.1, -0.05) is 41.7 Å². The zero-order valence-corrected chi connectivity index (χ0v) is 18.7. The summed E-state index contributed by atoms with van der Waals surface area (Å²) in [5.41, 5.74) is 1.15. The van der Waals surface area contributed by atoms with Gasteiger partial charge in [0.05, 0.1) is 16.9 Å². The topological polar surface area (TPSA) is 108 Å². The molecule has 2 amide bonds. The number of thioether (sulfide) groups is 1. The molecule has 3 fully saturated rings. The summed E-state index contributed by atoms with van der Waals surface area (Å²) < 4.78 is 0. The number of likely N-dealkylation sites (tertiary alicyclic amines) is 1. The summed E-state index contributed by atoms with van der Waals surface area (Å²) in [4.78, 5) is 55.0. The largest absolute Gasteiger partial charge is 0.481 e. The number of amides is 2. The highest BCUT2D eigenvalue weighted by Crippen LogP contribution is 2.68. The number of rotatable bonds is 5. The molecule has 4 aliphatic rings. The smallest absolute Gasteiger partial charge is 0.305 e. The number of hydrogen-bond acceptors (Lipinski definition) is 6. The first-order valence-corrected chi connectivity index (χ1v) is 12.7. The van der Waals surface area contributed by atoms with Crippen molar-refractivity contribution in [2.75, 3.05) is 6.54 Å². The number of H-pyrrole nitrogens is 1. The number of benzene rings is 1. The molecule has 0 radical (unpaired) electrons. The molecule has 2 N–H and O–H groups in total. The summed E-state index contributed by atoms with van der Waals surface area (Å²) in [6.45, 7) is 0.182. The van der Waals surface area contributed by atoms with Crippen molar-refractivity contribution >= 4 is 40.9 Å². The quantitative estimate of drug-likeness (QED) is 0.651. The van der Waals surface area contributed by atoms with Crippen LogP contribution in [0.1, 0.15) is 35.6 Å². The maximum Gasteiger partial charge on any atom is 0.305 e. The Morgan fingerprint density at radius 3 is 2.53 bits per heavy atom. The van der Waals surface area contributed by atoms with Gasteiger partial charge in [-0.2, -0.15) is 0 Å². The molecule has 6 rings (SSSR count). The number of aliphatic carboxylic acids is 1.